The average Bonchev–Trinajstić information content (AvgIpc) is 2.36. The van der Waals surface area contributed by atoms with Gasteiger partial charge >= 0.3 is 0 Å². The molecule has 1 rings (SSSR count). The summed E-state index contributed by atoms with van der Waals surface area (Å²) < 4.78 is 5.37. The Balaban J connectivity index is 0.00000172. The molecule has 0 saturated heterocycles. The summed E-state index contributed by atoms with van der Waals surface area (Å²) in [5.74, 6) is 0.819. The average molecular weight is 504 g/mol. The monoisotopic (exact) mass is 504 g/mol. The molecule has 0 atom stereocenters. The van der Waals surface area contributed by atoms with Crippen molar-refractivity contribution in [2.24, 2.45) is 5.41 Å². The summed E-state index contributed by atoms with van der Waals surface area (Å²) >= 11 is 4.24. The first-order chi connectivity index (χ1) is 9.24. The lowest BCUT2D eigenvalue weighted by atomic mass is 9.72. The van der Waals surface area contributed by atoms with Gasteiger partial charge < -0.3 is 9.84 Å². The van der Waals surface area contributed by atoms with Crippen molar-refractivity contribution in [3.05, 3.63) is 29.8 Å². The Morgan fingerprint density at radius 1 is 1.00 bits per heavy atom. The summed E-state index contributed by atoms with van der Waals surface area (Å²) in [5, 5.41) is 8.71. The molecular weight excluding hydrogens is 478 g/mol. The van der Waals surface area contributed by atoms with Crippen molar-refractivity contribution in [2.45, 2.75) is 46.5 Å². The van der Waals surface area contributed by atoms with Crippen molar-refractivity contribution >= 4 is 37.2 Å². The van der Waals surface area contributed by atoms with Crippen LogP contribution in [0.5, 0.6) is 5.75 Å². The second-order valence-electron chi connectivity index (χ2n) is 6.72. The van der Waals surface area contributed by atoms with Crippen LogP contribution in [0.4, 0.5) is 0 Å². The van der Waals surface area contributed by atoms with E-state index in [9.17, 15) is 0 Å². The van der Waals surface area contributed by atoms with Crippen LogP contribution in [0.3, 0.4) is 0 Å². The quantitative estimate of drug-likeness (QED) is 0.534. The highest BCUT2D eigenvalue weighted by atomic mass is 128. The minimum atomic E-state index is 0.0528. The molecule has 1 aromatic carbocycles. The molecule has 116 valence electrons. The summed E-state index contributed by atoms with van der Waals surface area (Å²) in [6.07, 6.45) is 1.14. The number of aliphatic hydroxyl groups is 1. The van der Waals surface area contributed by atoms with E-state index in [4.69, 9.17) is 9.84 Å². The van der Waals surface area contributed by atoms with Gasteiger partial charge in [0, 0.05) is 37.2 Å². The zero-order chi connectivity index (χ0) is 15.8. The van der Waals surface area contributed by atoms with Crippen molar-refractivity contribution in [1.82, 2.24) is 0 Å². The topological polar surface area (TPSA) is 29.5 Å². The highest BCUT2D eigenvalue weighted by Gasteiger charge is 2.27. The van der Waals surface area contributed by atoms with Gasteiger partial charge in [-0.05, 0) is 34.9 Å². The third-order valence-corrected chi connectivity index (χ3v) is 2.97. The molecule has 0 amide bonds. The standard InChI is InChI=1S/C16H26O2.I2/c1-15(2,3)12-16(4,5)13-6-8-14(9-7-13)18-11-10-17;1-2/h6-9,17H,10-12H2,1-5H3;. The van der Waals surface area contributed by atoms with E-state index in [-0.39, 0.29) is 12.0 Å². The molecule has 0 bridgehead atoms. The van der Waals surface area contributed by atoms with Crippen LogP contribution in [0.1, 0.15) is 46.6 Å². The molecular formula is C16H26I2O2. The van der Waals surface area contributed by atoms with Crippen LogP contribution in [-0.2, 0) is 5.41 Å². The van der Waals surface area contributed by atoms with Crippen LogP contribution >= 0.6 is 37.2 Å². The number of rotatable bonds is 5. The van der Waals surface area contributed by atoms with E-state index in [1.807, 2.05) is 12.1 Å². The molecule has 0 fully saturated rings. The van der Waals surface area contributed by atoms with Crippen molar-refractivity contribution in [2.75, 3.05) is 13.2 Å². The minimum absolute atomic E-state index is 0.0528. The number of benzene rings is 1. The van der Waals surface area contributed by atoms with Gasteiger partial charge in [-0.25, -0.2) is 0 Å². The molecule has 0 saturated carbocycles. The molecule has 0 aliphatic carbocycles. The second-order valence-corrected chi connectivity index (χ2v) is 6.72. The van der Waals surface area contributed by atoms with Crippen LogP contribution in [0.15, 0.2) is 24.3 Å². The summed E-state index contributed by atoms with van der Waals surface area (Å²) in [6, 6.07) is 8.21. The smallest absolute Gasteiger partial charge is 0.119 e. The van der Waals surface area contributed by atoms with Crippen molar-refractivity contribution < 1.29 is 9.84 Å². The largest absolute Gasteiger partial charge is 0.491 e. The third-order valence-electron chi connectivity index (χ3n) is 2.97. The third kappa shape index (κ3) is 8.02. The Morgan fingerprint density at radius 2 is 1.50 bits per heavy atom. The van der Waals surface area contributed by atoms with E-state index in [0.29, 0.717) is 12.0 Å². The number of halogens is 2. The number of ether oxygens (including phenoxy) is 1. The van der Waals surface area contributed by atoms with Crippen LogP contribution in [-0.4, -0.2) is 18.3 Å². The first-order valence-corrected chi connectivity index (χ1v) is 13.0. The Labute approximate surface area is 147 Å². The summed E-state index contributed by atoms with van der Waals surface area (Å²) in [6.45, 7) is 11.8. The highest BCUT2D eigenvalue weighted by molar-refractivity contribution is 15.0. The van der Waals surface area contributed by atoms with Gasteiger partial charge in [0.15, 0.2) is 0 Å². The fourth-order valence-electron chi connectivity index (χ4n) is 2.59. The maximum Gasteiger partial charge on any atom is 0.119 e. The molecule has 4 heteroatoms. The lowest BCUT2D eigenvalue weighted by Crippen LogP contribution is -2.24. The fourth-order valence-corrected chi connectivity index (χ4v) is 2.59. The van der Waals surface area contributed by atoms with E-state index in [1.165, 1.54) is 5.56 Å². The van der Waals surface area contributed by atoms with E-state index < -0.39 is 0 Å². The molecule has 0 heterocycles. The van der Waals surface area contributed by atoms with Gasteiger partial charge in [-0.1, -0.05) is 46.8 Å². The van der Waals surface area contributed by atoms with Gasteiger partial charge in [-0.3, -0.25) is 0 Å². The molecule has 1 aromatic rings. The Bertz CT molecular complexity index is 367. The maximum absolute atomic E-state index is 8.71. The Morgan fingerprint density at radius 3 is 1.90 bits per heavy atom. The van der Waals surface area contributed by atoms with Crippen molar-refractivity contribution in [3.8, 4) is 5.75 Å². The minimum Gasteiger partial charge on any atom is -0.491 e. The predicted molar refractivity (Wildman–Crippen MR) is 104 cm³/mol. The van der Waals surface area contributed by atoms with Gasteiger partial charge in [0.05, 0.1) is 6.61 Å². The summed E-state index contributed by atoms with van der Waals surface area (Å²) in [7, 11) is 0. The second kappa shape index (κ2) is 9.46. The molecule has 0 unspecified atom stereocenters. The van der Waals surface area contributed by atoms with E-state index in [2.05, 4.69) is 84.0 Å². The molecule has 1 N–H and O–H groups in total. The van der Waals surface area contributed by atoms with Crippen LogP contribution in [0, 0.1) is 5.41 Å². The first kappa shape index (κ1) is 20.4. The first-order valence-electron chi connectivity index (χ1n) is 6.73. The van der Waals surface area contributed by atoms with E-state index in [0.717, 1.165) is 12.2 Å². The maximum atomic E-state index is 8.71. The lowest BCUT2D eigenvalue weighted by Gasteiger charge is -2.33. The van der Waals surface area contributed by atoms with Gasteiger partial charge in [-0.2, -0.15) is 0 Å². The van der Waals surface area contributed by atoms with Gasteiger partial charge in [0.2, 0.25) is 0 Å². The van der Waals surface area contributed by atoms with Gasteiger partial charge in [0.1, 0.15) is 12.4 Å². The molecule has 0 aromatic heterocycles. The Hall–Kier alpha value is 0.440. The zero-order valence-corrected chi connectivity index (χ0v) is 17.4. The SMILES string of the molecule is CC(C)(C)CC(C)(C)c1ccc(OCCO)cc1.II. The van der Waals surface area contributed by atoms with Crippen molar-refractivity contribution in [1.29, 1.82) is 0 Å². The summed E-state index contributed by atoms with van der Waals surface area (Å²) in [5.41, 5.74) is 1.80. The van der Waals surface area contributed by atoms with E-state index in [1.54, 1.807) is 0 Å². The molecule has 2 nitrogen and oxygen atoms in total. The molecule has 0 radical (unpaired) electrons. The molecule has 20 heavy (non-hydrogen) atoms. The fraction of sp³-hybridized carbons (Fsp3) is 0.625. The van der Waals surface area contributed by atoms with Gasteiger partial charge in [-0.15, -0.1) is 0 Å². The highest BCUT2D eigenvalue weighted by Crippen LogP contribution is 2.36. The number of hydrogen-bond acceptors (Lipinski definition) is 2. The normalized spacial score (nSPS) is 11.6. The summed E-state index contributed by atoms with van der Waals surface area (Å²) in [4.78, 5) is 0. The zero-order valence-electron chi connectivity index (χ0n) is 13.0. The van der Waals surface area contributed by atoms with Crippen LogP contribution < -0.4 is 4.74 Å². The number of hydrogen-bond donors (Lipinski definition) is 1. The lowest BCUT2D eigenvalue weighted by molar-refractivity contribution is 0.201. The number of aliphatic hydroxyl groups excluding tert-OH is 1. The van der Waals surface area contributed by atoms with Crippen LogP contribution in [0.25, 0.3) is 0 Å². The Kier molecular flexibility index (Phi) is 9.66. The van der Waals surface area contributed by atoms with Crippen LogP contribution in [0.2, 0.25) is 0 Å². The molecule has 0 aliphatic heterocycles. The van der Waals surface area contributed by atoms with E-state index >= 15 is 0 Å². The van der Waals surface area contributed by atoms with Crippen molar-refractivity contribution in [3.63, 3.8) is 0 Å². The molecule has 0 spiro atoms. The van der Waals surface area contributed by atoms with Gasteiger partial charge in [0.25, 0.3) is 0 Å². The predicted octanol–water partition coefficient (Wildman–Crippen LogP) is 5.54. The molecule has 0 aliphatic rings.